The highest BCUT2D eigenvalue weighted by Crippen LogP contribution is 2.26. The van der Waals surface area contributed by atoms with Crippen molar-refractivity contribution in [2.75, 3.05) is 4.90 Å². The SMILES string of the molecule is Cc1cc(C=C2C(=O)NC(=S)N(c3ccc(Br)cc3)C2=O)c(C)n1-c1ccccc1. The van der Waals surface area contributed by atoms with Crippen LogP contribution in [0.5, 0.6) is 0 Å². The van der Waals surface area contributed by atoms with E-state index >= 15 is 0 Å². The van der Waals surface area contributed by atoms with Crippen LogP contribution in [0.3, 0.4) is 0 Å². The fourth-order valence-corrected chi connectivity index (χ4v) is 4.09. The number of aryl methyl sites for hydroxylation is 1. The van der Waals surface area contributed by atoms with E-state index in [1.54, 1.807) is 18.2 Å². The summed E-state index contributed by atoms with van der Waals surface area (Å²) < 4.78 is 2.98. The van der Waals surface area contributed by atoms with Crippen molar-refractivity contribution in [1.29, 1.82) is 0 Å². The van der Waals surface area contributed by atoms with E-state index in [2.05, 4.69) is 25.8 Å². The molecule has 0 aliphatic carbocycles. The van der Waals surface area contributed by atoms with Crippen LogP contribution < -0.4 is 10.2 Å². The molecule has 1 N–H and O–H groups in total. The Morgan fingerprint density at radius 1 is 0.967 bits per heavy atom. The number of carbonyl (C=O) groups excluding carboxylic acids is 2. The lowest BCUT2D eigenvalue weighted by Crippen LogP contribution is -2.54. The first-order valence-electron chi connectivity index (χ1n) is 9.28. The van der Waals surface area contributed by atoms with Gasteiger partial charge in [0.1, 0.15) is 5.57 Å². The summed E-state index contributed by atoms with van der Waals surface area (Å²) >= 11 is 8.64. The summed E-state index contributed by atoms with van der Waals surface area (Å²) in [4.78, 5) is 27.1. The van der Waals surface area contributed by atoms with Crippen LogP contribution in [-0.4, -0.2) is 21.5 Å². The Bertz CT molecular complexity index is 1200. The van der Waals surface area contributed by atoms with Gasteiger partial charge in [-0.05, 0) is 80.2 Å². The van der Waals surface area contributed by atoms with Gasteiger partial charge in [0.2, 0.25) is 0 Å². The quantitative estimate of drug-likeness (QED) is 0.336. The Morgan fingerprint density at radius 3 is 2.30 bits per heavy atom. The number of anilines is 1. The van der Waals surface area contributed by atoms with Crippen molar-refractivity contribution >= 4 is 56.8 Å². The molecule has 2 amide bonds. The molecule has 0 saturated carbocycles. The van der Waals surface area contributed by atoms with Gasteiger partial charge < -0.3 is 4.57 Å². The summed E-state index contributed by atoms with van der Waals surface area (Å²) in [7, 11) is 0. The topological polar surface area (TPSA) is 54.3 Å². The Balaban J connectivity index is 1.76. The molecular weight excluding hydrogens is 462 g/mol. The molecule has 7 heteroatoms. The van der Waals surface area contributed by atoms with Crippen LogP contribution in [0.1, 0.15) is 17.0 Å². The van der Waals surface area contributed by atoms with Gasteiger partial charge in [0.15, 0.2) is 5.11 Å². The van der Waals surface area contributed by atoms with Crippen LogP contribution >= 0.6 is 28.1 Å². The van der Waals surface area contributed by atoms with E-state index in [1.165, 1.54) is 4.90 Å². The zero-order valence-corrected chi connectivity index (χ0v) is 18.8. The molecule has 1 aliphatic heterocycles. The minimum Gasteiger partial charge on any atom is -0.318 e. The van der Waals surface area contributed by atoms with Crippen LogP contribution in [0.15, 0.2) is 70.7 Å². The number of nitrogens with one attached hydrogen (secondary N) is 1. The summed E-state index contributed by atoms with van der Waals surface area (Å²) in [6, 6.07) is 19.1. The molecule has 0 unspecified atom stereocenters. The molecular formula is C23H18BrN3O2S. The molecule has 0 bridgehead atoms. The Hall–Kier alpha value is -3.03. The second-order valence-electron chi connectivity index (χ2n) is 6.93. The first-order valence-corrected chi connectivity index (χ1v) is 10.5. The van der Waals surface area contributed by atoms with E-state index in [-0.39, 0.29) is 10.7 Å². The lowest BCUT2D eigenvalue weighted by Gasteiger charge is -2.29. The number of hydrogen-bond donors (Lipinski definition) is 1. The first-order chi connectivity index (χ1) is 14.4. The molecule has 1 fully saturated rings. The van der Waals surface area contributed by atoms with Crippen molar-refractivity contribution in [3.8, 4) is 5.69 Å². The first kappa shape index (κ1) is 20.3. The molecule has 0 atom stereocenters. The maximum atomic E-state index is 13.2. The maximum absolute atomic E-state index is 13.2. The third-order valence-corrected chi connectivity index (χ3v) is 5.78. The fraction of sp³-hybridized carbons (Fsp3) is 0.0870. The van der Waals surface area contributed by atoms with E-state index in [9.17, 15) is 9.59 Å². The number of para-hydroxylation sites is 1. The zero-order chi connectivity index (χ0) is 21.4. The average molecular weight is 480 g/mol. The molecule has 1 aromatic heterocycles. The van der Waals surface area contributed by atoms with Gasteiger partial charge in [-0.3, -0.25) is 19.8 Å². The van der Waals surface area contributed by atoms with E-state index in [0.29, 0.717) is 5.69 Å². The molecule has 2 heterocycles. The van der Waals surface area contributed by atoms with E-state index < -0.39 is 11.8 Å². The van der Waals surface area contributed by atoms with Crippen LogP contribution in [0.25, 0.3) is 11.8 Å². The number of halogens is 1. The van der Waals surface area contributed by atoms with Gasteiger partial charge in [-0.1, -0.05) is 34.1 Å². The third kappa shape index (κ3) is 3.62. The van der Waals surface area contributed by atoms with E-state index in [4.69, 9.17) is 12.2 Å². The summed E-state index contributed by atoms with van der Waals surface area (Å²) in [5.74, 6) is -0.946. The smallest absolute Gasteiger partial charge is 0.270 e. The fourth-order valence-electron chi connectivity index (χ4n) is 3.55. The van der Waals surface area contributed by atoms with Crippen molar-refractivity contribution in [1.82, 2.24) is 9.88 Å². The van der Waals surface area contributed by atoms with Crippen LogP contribution in [0.4, 0.5) is 5.69 Å². The summed E-state index contributed by atoms with van der Waals surface area (Å²) in [6.45, 7) is 3.96. The molecule has 2 aromatic carbocycles. The highest BCUT2D eigenvalue weighted by molar-refractivity contribution is 9.10. The normalized spacial score (nSPS) is 15.6. The second kappa shape index (κ2) is 8.01. The highest BCUT2D eigenvalue weighted by atomic mass is 79.9. The summed E-state index contributed by atoms with van der Waals surface area (Å²) in [5, 5.41) is 2.70. The van der Waals surface area contributed by atoms with Crippen molar-refractivity contribution in [2.45, 2.75) is 13.8 Å². The minimum atomic E-state index is -0.497. The molecule has 0 spiro atoms. The molecule has 4 rings (SSSR count). The van der Waals surface area contributed by atoms with Crippen LogP contribution in [0.2, 0.25) is 0 Å². The standard InChI is InChI=1S/C23H18BrN3O2S/c1-14-12-16(15(2)26(14)18-6-4-3-5-7-18)13-20-21(28)25-23(30)27(22(20)29)19-10-8-17(24)9-11-19/h3-13H,1-2H3,(H,25,28,30). The lowest BCUT2D eigenvalue weighted by atomic mass is 10.1. The van der Waals surface area contributed by atoms with Crippen LogP contribution in [-0.2, 0) is 9.59 Å². The van der Waals surface area contributed by atoms with Gasteiger partial charge in [0, 0.05) is 21.5 Å². The van der Waals surface area contributed by atoms with Gasteiger partial charge in [0.25, 0.3) is 11.8 Å². The molecule has 3 aromatic rings. The number of hydrogen-bond acceptors (Lipinski definition) is 3. The van der Waals surface area contributed by atoms with Gasteiger partial charge in [-0.2, -0.15) is 0 Å². The van der Waals surface area contributed by atoms with Crippen molar-refractivity contribution in [3.05, 3.63) is 87.7 Å². The van der Waals surface area contributed by atoms with Crippen molar-refractivity contribution in [3.63, 3.8) is 0 Å². The van der Waals surface area contributed by atoms with Crippen molar-refractivity contribution in [2.24, 2.45) is 0 Å². The Kier molecular flexibility index (Phi) is 5.40. The van der Waals surface area contributed by atoms with E-state index in [1.807, 2.05) is 62.4 Å². The van der Waals surface area contributed by atoms with Gasteiger partial charge >= 0.3 is 0 Å². The number of thiocarbonyl (C=S) groups is 1. The summed E-state index contributed by atoms with van der Waals surface area (Å²) in [6.07, 6.45) is 1.63. The largest absolute Gasteiger partial charge is 0.318 e. The monoisotopic (exact) mass is 479 g/mol. The second-order valence-corrected chi connectivity index (χ2v) is 8.23. The van der Waals surface area contributed by atoms with Crippen molar-refractivity contribution < 1.29 is 9.59 Å². The van der Waals surface area contributed by atoms with Gasteiger partial charge in [-0.25, -0.2) is 0 Å². The predicted molar refractivity (Wildman–Crippen MR) is 126 cm³/mol. The van der Waals surface area contributed by atoms with E-state index in [0.717, 1.165) is 27.1 Å². The molecule has 5 nitrogen and oxygen atoms in total. The van der Waals surface area contributed by atoms with Gasteiger partial charge in [-0.15, -0.1) is 0 Å². The number of amides is 2. The Labute approximate surface area is 188 Å². The number of aromatic nitrogens is 1. The lowest BCUT2D eigenvalue weighted by molar-refractivity contribution is -0.122. The molecule has 150 valence electrons. The molecule has 30 heavy (non-hydrogen) atoms. The number of carbonyl (C=O) groups is 2. The number of nitrogens with zero attached hydrogens (tertiary/aromatic N) is 2. The third-order valence-electron chi connectivity index (χ3n) is 4.97. The average Bonchev–Trinajstić information content (AvgIpc) is 3.00. The predicted octanol–water partition coefficient (Wildman–Crippen LogP) is 4.69. The molecule has 1 saturated heterocycles. The van der Waals surface area contributed by atoms with Crippen LogP contribution in [0, 0.1) is 13.8 Å². The summed E-state index contributed by atoms with van der Waals surface area (Å²) in [5.41, 5.74) is 4.41. The number of benzene rings is 2. The highest BCUT2D eigenvalue weighted by Gasteiger charge is 2.34. The number of rotatable bonds is 3. The van der Waals surface area contributed by atoms with Gasteiger partial charge in [0.05, 0.1) is 5.69 Å². The Morgan fingerprint density at radius 2 is 1.63 bits per heavy atom. The maximum Gasteiger partial charge on any atom is 0.270 e. The molecule has 0 radical (unpaired) electrons. The molecule has 1 aliphatic rings. The zero-order valence-electron chi connectivity index (χ0n) is 16.3. The minimum absolute atomic E-state index is 0.0415.